The molecule has 1 heterocycles. The molecule has 0 aromatic heterocycles. The first-order chi connectivity index (χ1) is 9.26. The van der Waals surface area contributed by atoms with E-state index in [0.29, 0.717) is 12.8 Å². The van der Waals surface area contributed by atoms with Gasteiger partial charge < -0.3 is 14.8 Å². The number of nitrogens with zero attached hydrogens (tertiary/aromatic N) is 1. The van der Waals surface area contributed by atoms with Crippen LogP contribution in [0.3, 0.4) is 0 Å². The van der Waals surface area contributed by atoms with Gasteiger partial charge in [0, 0.05) is 23.7 Å². The molecule has 0 radical (unpaired) electrons. The van der Waals surface area contributed by atoms with Crippen LogP contribution in [0.4, 0.5) is 5.69 Å². The normalized spacial score (nSPS) is 24.8. The Balaban J connectivity index is 1.69. The fourth-order valence-corrected chi connectivity index (χ4v) is 2.79. The summed E-state index contributed by atoms with van der Waals surface area (Å²) < 4.78 is 10.8. The van der Waals surface area contributed by atoms with Crippen molar-refractivity contribution in [2.75, 3.05) is 12.1 Å². The van der Waals surface area contributed by atoms with Gasteiger partial charge >= 0.3 is 0 Å². The summed E-state index contributed by atoms with van der Waals surface area (Å²) in [7, 11) is 0. The number of aryl methyl sites for hydroxylation is 1. The van der Waals surface area contributed by atoms with Gasteiger partial charge in [-0.05, 0) is 44.2 Å². The lowest BCUT2D eigenvalue weighted by Crippen LogP contribution is -2.25. The summed E-state index contributed by atoms with van der Waals surface area (Å²) in [6.07, 6.45) is 4.12. The van der Waals surface area contributed by atoms with Gasteiger partial charge in [-0.3, -0.25) is 0 Å². The fraction of sp³-hybridized carbons (Fsp3) is 0.533. The van der Waals surface area contributed by atoms with E-state index in [1.807, 2.05) is 12.1 Å². The Morgan fingerprint density at radius 3 is 2.53 bits per heavy atom. The highest BCUT2D eigenvalue weighted by Gasteiger charge is 2.22. The van der Waals surface area contributed by atoms with E-state index in [1.165, 1.54) is 5.56 Å². The zero-order valence-corrected chi connectivity index (χ0v) is 11.1. The Bertz CT molecular complexity index is 514. The maximum absolute atomic E-state index is 8.92. The van der Waals surface area contributed by atoms with Gasteiger partial charge in [0.2, 0.25) is 6.79 Å². The molecule has 0 saturated heterocycles. The molecule has 1 aliphatic heterocycles. The van der Waals surface area contributed by atoms with Crippen molar-refractivity contribution >= 4 is 5.69 Å². The lowest BCUT2D eigenvalue weighted by Gasteiger charge is -2.27. The third kappa shape index (κ3) is 2.46. The monoisotopic (exact) mass is 258 g/mol. The van der Waals surface area contributed by atoms with Gasteiger partial charge in [0.1, 0.15) is 0 Å². The van der Waals surface area contributed by atoms with Gasteiger partial charge in [0.05, 0.1) is 6.07 Å². The zero-order chi connectivity index (χ0) is 13.2. The Labute approximate surface area is 113 Å². The van der Waals surface area contributed by atoms with Crippen LogP contribution in [0.15, 0.2) is 12.1 Å². The molecule has 1 aliphatic carbocycles. The molecular formula is C15H18N2O2. The third-order valence-corrected chi connectivity index (χ3v) is 3.99. The molecule has 0 atom stereocenters. The molecule has 3 rings (SSSR count). The summed E-state index contributed by atoms with van der Waals surface area (Å²) in [5.74, 6) is 1.89. The molecule has 19 heavy (non-hydrogen) atoms. The summed E-state index contributed by atoms with van der Waals surface area (Å²) >= 11 is 0. The highest BCUT2D eigenvalue weighted by atomic mass is 16.7. The molecule has 0 amide bonds. The Kier molecular flexibility index (Phi) is 3.20. The second kappa shape index (κ2) is 5.00. The lowest BCUT2D eigenvalue weighted by atomic mass is 9.87. The van der Waals surface area contributed by atoms with E-state index in [9.17, 15) is 0 Å². The van der Waals surface area contributed by atoms with Crippen molar-refractivity contribution in [3.8, 4) is 17.6 Å². The number of nitrogens with one attached hydrogen (secondary N) is 1. The number of fused-ring (bicyclic) bond motifs is 1. The molecule has 2 aliphatic rings. The van der Waals surface area contributed by atoms with Crippen LogP contribution in [0.25, 0.3) is 0 Å². The smallest absolute Gasteiger partial charge is 0.231 e. The third-order valence-electron chi connectivity index (χ3n) is 3.99. The van der Waals surface area contributed by atoms with Crippen molar-refractivity contribution in [1.29, 1.82) is 5.26 Å². The number of ether oxygens (including phenoxy) is 2. The first kappa shape index (κ1) is 12.2. The SMILES string of the molecule is Cc1cc2c(cc1NC1CCC(C#N)CC1)OCO2. The van der Waals surface area contributed by atoms with Crippen LogP contribution in [-0.2, 0) is 0 Å². The minimum absolute atomic E-state index is 0.246. The minimum atomic E-state index is 0.246. The highest BCUT2D eigenvalue weighted by Crippen LogP contribution is 2.37. The van der Waals surface area contributed by atoms with Crippen LogP contribution in [0.5, 0.6) is 11.5 Å². The molecule has 0 bridgehead atoms. The molecule has 1 aromatic rings. The maximum atomic E-state index is 8.92. The number of hydrogen-bond donors (Lipinski definition) is 1. The van der Waals surface area contributed by atoms with E-state index in [0.717, 1.165) is 42.9 Å². The van der Waals surface area contributed by atoms with Gasteiger partial charge in [-0.1, -0.05) is 0 Å². The second-order valence-corrected chi connectivity index (χ2v) is 5.34. The predicted octanol–water partition coefficient (Wildman–Crippen LogP) is 3.22. The van der Waals surface area contributed by atoms with E-state index in [2.05, 4.69) is 18.3 Å². The molecule has 0 spiro atoms. The van der Waals surface area contributed by atoms with Crippen molar-refractivity contribution in [1.82, 2.24) is 0 Å². The molecule has 1 N–H and O–H groups in total. The zero-order valence-electron chi connectivity index (χ0n) is 11.1. The van der Waals surface area contributed by atoms with Crippen LogP contribution in [-0.4, -0.2) is 12.8 Å². The minimum Gasteiger partial charge on any atom is -0.454 e. The maximum Gasteiger partial charge on any atom is 0.231 e. The van der Waals surface area contributed by atoms with Crippen molar-refractivity contribution in [2.24, 2.45) is 5.92 Å². The molecule has 1 aromatic carbocycles. The van der Waals surface area contributed by atoms with Crippen LogP contribution in [0.2, 0.25) is 0 Å². The number of benzene rings is 1. The summed E-state index contributed by atoms with van der Waals surface area (Å²) in [4.78, 5) is 0. The van der Waals surface area contributed by atoms with E-state index >= 15 is 0 Å². The summed E-state index contributed by atoms with van der Waals surface area (Å²) in [6.45, 7) is 2.39. The Hall–Kier alpha value is -1.89. The van der Waals surface area contributed by atoms with Gasteiger partial charge in [-0.2, -0.15) is 5.26 Å². The van der Waals surface area contributed by atoms with Crippen LogP contribution < -0.4 is 14.8 Å². The quantitative estimate of drug-likeness (QED) is 0.885. The van der Waals surface area contributed by atoms with Crippen LogP contribution in [0, 0.1) is 24.2 Å². The standard InChI is InChI=1S/C15H18N2O2/c1-10-6-14-15(19-9-18-14)7-13(10)17-12-4-2-11(8-16)3-5-12/h6-7,11-12,17H,2-5,9H2,1H3. The average Bonchev–Trinajstić information content (AvgIpc) is 2.87. The van der Waals surface area contributed by atoms with Gasteiger partial charge in [-0.15, -0.1) is 0 Å². The summed E-state index contributed by atoms with van der Waals surface area (Å²) in [5.41, 5.74) is 2.29. The number of nitriles is 1. The van der Waals surface area contributed by atoms with E-state index in [4.69, 9.17) is 14.7 Å². The molecule has 1 saturated carbocycles. The predicted molar refractivity (Wildman–Crippen MR) is 72.3 cm³/mol. The highest BCUT2D eigenvalue weighted by molar-refractivity contribution is 5.61. The Morgan fingerprint density at radius 2 is 1.84 bits per heavy atom. The van der Waals surface area contributed by atoms with E-state index in [-0.39, 0.29) is 5.92 Å². The molecule has 4 nitrogen and oxygen atoms in total. The first-order valence-electron chi connectivity index (χ1n) is 6.82. The largest absolute Gasteiger partial charge is 0.454 e. The fourth-order valence-electron chi connectivity index (χ4n) is 2.79. The summed E-state index contributed by atoms with van der Waals surface area (Å²) in [5, 5.41) is 12.5. The molecule has 4 heteroatoms. The van der Waals surface area contributed by atoms with Crippen molar-refractivity contribution in [2.45, 2.75) is 38.6 Å². The molecule has 100 valence electrons. The van der Waals surface area contributed by atoms with Crippen molar-refractivity contribution < 1.29 is 9.47 Å². The molecular weight excluding hydrogens is 240 g/mol. The Morgan fingerprint density at radius 1 is 1.16 bits per heavy atom. The van der Waals surface area contributed by atoms with E-state index < -0.39 is 0 Å². The molecule has 0 unspecified atom stereocenters. The topological polar surface area (TPSA) is 54.3 Å². The van der Waals surface area contributed by atoms with E-state index in [1.54, 1.807) is 0 Å². The number of hydrogen-bond acceptors (Lipinski definition) is 4. The number of anilines is 1. The van der Waals surface area contributed by atoms with Gasteiger partial charge in [-0.25, -0.2) is 0 Å². The van der Waals surface area contributed by atoms with Crippen molar-refractivity contribution in [3.05, 3.63) is 17.7 Å². The molecule has 1 fully saturated rings. The van der Waals surface area contributed by atoms with Crippen LogP contribution in [0.1, 0.15) is 31.2 Å². The summed E-state index contributed by atoms with van der Waals surface area (Å²) in [6, 6.07) is 6.87. The van der Waals surface area contributed by atoms with Crippen LogP contribution >= 0.6 is 0 Å². The van der Waals surface area contributed by atoms with Crippen molar-refractivity contribution in [3.63, 3.8) is 0 Å². The second-order valence-electron chi connectivity index (χ2n) is 5.34. The lowest BCUT2D eigenvalue weighted by molar-refractivity contribution is 0.174. The van der Waals surface area contributed by atoms with Gasteiger partial charge in [0.15, 0.2) is 11.5 Å². The average molecular weight is 258 g/mol. The number of rotatable bonds is 2. The van der Waals surface area contributed by atoms with Gasteiger partial charge in [0.25, 0.3) is 0 Å². The first-order valence-corrected chi connectivity index (χ1v) is 6.82.